The molecule has 52 valence electrons. The van der Waals surface area contributed by atoms with Crippen LogP contribution in [-0.4, -0.2) is 35.4 Å². The highest BCUT2D eigenvalue weighted by Gasteiger charge is 2.39. The summed E-state index contributed by atoms with van der Waals surface area (Å²) in [7, 11) is 0. The van der Waals surface area contributed by atoms with E-state index in [-0.39, 0.29) is 13.2 Å². The van der Waals surface area contributed by atoms with Gasteiger partial charge in [-0.1, -0.05) is 0 Å². The molecule has 0 aromatic heterocycles. The Morgan fingerprint density at radius 2 is 2.11 bits per heavy atom. The van der Waals surface area contributed by atoms with Crippen molar-refractivity contribution < 1.29 is 24.5 Å². The van der Waals surface area contributed by atoms with Gasteiger partial charge in [0.25, 0.3) is 0 Å². The van der Waals surface area contributed by atoms with Gasteiger partial charge in [0, 0.05) is 0 Å². The van der Waals surface area contributed by atoms with Gasteiger partial charge in [-0.15, -0.1) is 0 Å². The van der Waals surface area contributed by atoms with Crippen molar-refractivity contribution in [2.45, 2.75) is 5.97 Å². The molecule has 0 saturated carbocycles. The van der Waals surface area contributed by atoms with Gasteiger partial charge in [-0.3, -0.25) is 0 Å². The Morgan fingerprint density at radius 1 is 1.44 bits per heavy atom. The Kier molecular flexibility index (Phi) is 1.40. The quantitative estimate of drug-likeness (QED) is 0.302. The first-order valence-corrected chi connectivity index (χ1v) is 2.39. The summed E-state index contributed by atoms with van der Waals surface area (Å²) in [5.74, 6) is -3.88. The topological polar surface area (TPSA) is 76.0 Å². The smallest absolute Gasteiger partial charge is 0.397 e. The minimum atomic E-state index is -2.72. The third-order valence-electron chi connectivity index (χ3n) is 0.886. The lowest BCUT2D eigenvalue weighted by atomic mass is 10.5. The number of carbonyl (C=O) groups excluding carboxylic acids is 1. The van der Waals surface area contributed by atoms with Crippen molar-refractivity contribution >= 4 is 5.97 Å². The summed E-state index contributed by atoms with van der Waals surface area (Å²) in [6.07, 6.45) is 0. The predicted molar refractivity (Wildman–Crippen MR) is 24.1 cm³/mol. The highest BCUT2D eigenvalue weighted by molar-refractivity contribution is 5.75. The van der Waals surface area contributed by atoms with E-state index in [1.807, 2.05) is 0 Å². The van der Waals surface area contributed by atoms with Crippen molar-refractivity contribution in [3.05, 3.63) is 0 Å². The van der Waals surface area contributed by atoms with Gasteiger partial charge in [0.2, 0.25) is 0 Å². The van der Waals surface area contributed by atoms with E-state index in [2.05, 4.69) is 9.47 Å². The lowest BCUT2D eigenvalue weighted by molar-refractivity contribution is -0.342. The van der Waals surface area contributed by atoms with Gasteiger partial charge < -0.3 is 19.7 Å². The van der Waals surface area contributed by atoms with Crippen LogP contribution in [0.4, 0.5) is 0 Å². The molecule has 2 N–H and O–H groups in total. The van der Waals surface area contributed by atoms with E-state index in [0.29, 0.717) is 0 Å². The van der Waals surface area contributed by atoms with Gasteiger partial charge in [0.1, 0.15) is 6.61 Å². The predicted octanol–water partition coefficient (Wildman–Crippen LogP) is -1.80. The number of esters is 1. The summed E-state index contributed by atoms with van der Waals surface area (Å²) in [5.41, 5.74) is 0. The fourth-order valence-electron chi connectivity index (χ4n) is 0.471. The molecule has 1 aliphatic heterocycles. The number of aliphatic hydroxyl groups is 2. The molecule has 0 unspecified atom stereocenters. The van der Waals surface area contributed by atoms with Crippen molar-refractivity contribution in [2.75, 3.05) is 13.2 Å². The van der Waals surface area contributed by atoms with Crippen molar-refractivity contribution in [3.63, 3.8) is 0 Å². The Bertz CT molecular complexity index is 129. The number of hydrogen-bond acceptors (Lipinski definition) is 5. The van der Waals surface area contributed by atoms with Crippen molar-refractivity contribution in [3.8, 4) is 0 Å². The molecule has 0 spiro atoms. The molecule has 5 heteroatoms. The molecule has 0 aromatic rings. The molecule has 0 bridgehead atoms. The molecular formula is C4H6O5. The van der Waals surface area contributed by atoms with E-state index in [9.17, 15) is 4.79 Å². The van der Waals surface area contributed by atoms with Crippen LogP contribution in [0.15, 0.2) is 0 Å². The first-order chi connectivity index (χ1) is 4.13. The Labute approximate surface area is 50.8 Å². The first kappa shape index (κ1) is 6.47. The molecule has 9 heavy (non-hydrogen) atoms. The molecule has 1 saturated heterocycles. The number of carbonyl (C=O) groups is 1. The van der Waals surface area contributed by atoms with Gasteiger partial charge >= 0.3 is 11.9 Å². The summed E-state index contributed by atoms with van der Waals surface area (Å²) < 4.78 is 8.44. The zero-order chi connectivity index (χ0) is 6.91. The van der Waals surface area contributed by atoms with Gasteiger partial charge in [0.15, 0.2) is 0 Å². The van der Waals surface area contributed by atoms with Crippen LogP contribution in [0.3, 0.4) is 0 Å². The van der Waals surface area contributed by atoms with E-state index in [1.165, 1.54) is 0 Å². The van der Waals surface area contributed by atoms with Crippen LogP contribution >= 0.6 is 0 Å². The van der Waals surface area contributed by atoms with Gasteiger partial charge in [0.05, 0.1) is 6.61 Å². The second-order valence-electron chi connectivity index (χ2n) is 1.59. The SMILES string of the molecule is O=C1OCCOC1(O)O. The fourth-order valence-corrected chi connectivity index (χ4v) is 0.471. The highest BCUT2D eigenvalue weighted by atomic mass is 16.8. The summed E-state index contributed by atoms with van der Waals surface area (Å²) in [5, 5.41) is 17.0. The minimum Gasteiger partial charge on any atom is -0.457 e. The maximum absolute atomic E-state index is 10.3. The highest BCUT2D eigenvalue weighted by Crippen LogP contribution is 2.08. The minimum absolute atomic E-state index is 0.0126. The molecule has 1 rings (SSSR count). The summed E-state index contributed by atoms with van der Waals surface area (Å²) in [4.78, 5) is 10.3. The van der Waals surface area contributed by atoms with Crippen molar-refractivity contribution in [1.29, 1.82) is 0 Å². The monoisotopic (exact) mass is 134 g/mol. The van der Waals surface area contributed by atoms with Crippen LogP contribution < -0.4 is 0 Å². The van der Waals surface area contributed by atoms with Crippen molar-refractivity contribution in [1.82, 2.24) is 0 Å². The second-order valence-corrected chi connectivity index (χ2v) is 1.59. The average Bonchev–Trinajstić information content (AvgIpc) is 1.77. The van der Waals surface area contributed by atoms with Crippen molar-refractivity contribution in [2.24, 2.45) is 0 Å². The lowest BCUT2D eigenvalue weighted by Gasteiger charge is -2.23. The summed E-state index contributed by atoms with van der Waals surface area (Å²) in [6.45, 7) is 0.0838. The lowest BCUT2D eigenvalue weighted by Crippen LogP contribution is -2.47. The molecular weight excluding hydrogens is 128 g/mol. The summed E-state index contributed by atoms with van der Waals surface area (Å²) in [6, 6.07) is 0. The van der Waals surface area contributed by atoms with E-state index in [4.69, 9.17) is 10.2 Å². The van der Waals surface area contributed by atoms with Gasteiger partial charge in [-0.2, -0.15) is 0 Å². The molecule has 0 aromatic carbocycles. The molecule has 1 aliphatic rings. The van der Waals surface area contributed by atoms with Gasteiger partial charge in [-0.05, 0) is 0 Å². The fraction of sp³-hybridized carbons (Fsp3) is 0.750. The van der Waals surface area contributed by atoms with Crippen LogP contribution in [0.2, 0.25) is 0 Å². The largest absolute Gasteiger partial charge is 0.457 e. The maximum atomic E-state index is 10.3. The third kappa shape index (κ3) is 1.18. The normalized spacial score (nSPS) is 25.3. The zero-order valence-electron chi connectivity index (χ0n) is 4.53. The number of rotatable bonds is 0. The van der Waals surface area contributed by atoms with Crippen LogP contribution in [0.5, 0.6) is 0 Å². The zero-order valence-corrected chi connectivity index (χ0v) is 4.53. The third-order valence-corrected chi connectivity index (χ3v) is 0.886. The van der Waals surface area contributed by atoms with Gasteiger partial charge in [-0.25, -0.2) is 4.79 Å². The van der Waals surface area contributed by atoms with E-state index in [0.717, 1.165) is 0 Å². The molecule has 5 nitrogen and oxygen atoms in total. The standard InChI is InChI=1S/C4H6O5/c5-3-4(6,7)9-2-1-8-3/h6-7H,1-2H2. The molecule has 0 amide bonds. The Morgan fingerprint density at radius 3 is 2.44 bits per heavy atom. The Hall–Kier alpha value is -0.650. The second kappa shape index (κ2) is 1.94. The average molecular weight is 134 g/mol. The van der Waals surface area contributed by atoms with Crippen LogP contribution in [0.25, 0.3) is 0 Å². The molecule has 1 heterocycles. The van der Waals surface area contributed by atoms with Crippen LogP contribution in [-0.2, 0) is 14.3 Å². The maximum Gasteiger partial charge on any atom is 0.397 e. The number of cyclic esters (lactones) is 1. The van der Waals surface area contributed by atoms with E-state index < -0.39 is 11.9 Å². The summed E-state index contributed by atoms with van der Waals surface area (Å²) >= 11 is 0. The molecule has 0 atom stereocenters. The number of ether oxygens (including phenoxy) is 2. The molecule has 0 radical (unpaired) electrons. The van der Waals surface area contributed by atoms with Crippen LogP contribution in [0.1, 0.15) is 0 Å². The van der Waals surface area contributed by atoms with E-state index in [1.54, 1.807) is 0 Å². The molecule has 1 fully saturated rings. The first-order valence-electron chi connectivity index (χ1n) is 2.39. The van der Waals surface area contributed by atoms with E-state index >= 15 is 0 Å². The molecule has 0 aliphatic carbocycles. The van der Waals surface area contributed by atoms with Crippen LogP contribution in [0, 0.1) is 0 Å². The Balaban J connectivity index is 2.60. The number of hydrogen-bond donors (Lipinski definition) is 2.